The Labute approximate surface area is 90.5 Å². The molecule has 2 heterocycles. The third-order valence-electron chi connectivity index (χ3n) is 3.00. The molecule has 3 atom stereocenters. The molecule has 0 spiro atoms. The summed E-state index contributed by atoms with van der Waals surface area (Å²) in [5, 5.41) is 3.62. The van der Waals surface area contributed by atoms with Gasteiger partial charge in [-0.3, -0.25) is 0 Å². The van der Waals surface area contributed by atoms with E-state index in [1.54, 1.807) is 0 Å². The quantitative estimate of drug-likeness (QED) is 0.775. The third-order valence-corrected chi connectivity index (χ3v) is 4.35. The molecule has 0 aromatic heterocycles. The van der Waals surface area contributed by atoms with E-state index in [0.29, 0.717) is 12.1 Å². The van der Waals surface area contributed by atoms with Crippen LogP contribution in [0.1, 0.15) is 19.8 Å². The molecule has 2 aliphatic heterocycles. The Bertz CT molecular complexity index is 207. The van der Waals surface area contributed by atoms with Gasteiger partial charge in [0.05, 0.1) is 6.26 Å². The molecule has 80 valence electrons. The molecule has 3 heteroatoms. The summed E-state index contributed by atoms with van der Waals surface area (Å²) in [5.74, 6) is 3.39. The summed E-state index contributed by atoms with van der Waals surface area (Å²) >= 11 is 2.06. The Kier molecular flexibility index (Phi) is 3.76. The molecule has 0 aromatic rings. The maximum Gasteiger partial charge on any atom is 0.110 e. The monoisotopic (exact) mass is 213 g/mol. The molecule has 0 saturated carbocycles. The van der Waals surface area contributed by atoms with Crippen LogP contribution in [0.4, 0.5) is 0 Å². The van der Waals surface area contributed by atoms with E-state index in [2.05, 4.69) is 30.1 Å². The van der Waals surface area contributed by atoms with Crippen LogP contribution in [-0.2, 0) is 4.74 Å². The Morgan fingerprint density at radius 2 is 2.43 bits per heavy atom. The number of hydrogen-bond donors (Lipinski definition) is 1. The summed E-state index contributed by atoms with van der Waals surface area (Å²) in [6, 6.07) is 0.703. The van der Waals surface area contributed by atoms with Crippen molar-refractivity contribution in [3.05, 3.63) is 12.3 Å². The van der Waals surface area contributed by atoms with E-state index in [1.807, 2.05) is 6.26 Å². The lowest BCUT2D eigenvalue weighted by Gasteiger charge is -2.23. The van der Waals surface area contributed by atoms with Crippen molar-refractivity contribution < 1.29 is 4.74 Å². The van der Waals surface area contributed by atoms with Crippen LogP contribution in [0, 0.1) is 5.92 Å². The molecule has 2 nitrogen and oxygen atoms in total. The normalized spacial score (nSPS) is 37.1. The summed E-state index contributed by atoms with van der Waals surface area (Å²) in [6.07, 6.45) is 6.68. The average Bonchev–Trinajstić information content (AvgIpc) is 2.63. The van der Waals surface area contributed by atoms with Gasteiger partial charge in [0.25, 0.3) is 0 Å². The summed E-state index contributed by atoms with van der Waals surface area (Å²) in [4.78, 5) is 0. The van der Waals surface area contributed by atoms with Crippen LogP contribution < -0.4 is 5.32 Å². The van der Waals surface area contributed by atoms with Crippen molar-refractivity contribution >= 4 is 11.8 Å². The van der Waals surface area contributed by atoms with Crippen LogP contribution in [0.5, 0.6) is 0 Å². The number of thioether (sulfide) groups is 1. The van der Waals surface area contributed by atoms with Crippen molar-refractivity contribution in [2.75, 3.05) is 18.1 Å². The van der Waals surface area contributed by atoms with Crippen molar-refractivity contribution in [1.29, 1.82) is 0 Å². The molecular formula is C11H19NOS. The second kappa shape index (κ2) is 5.08. The van der Waals surface area contributed by atoms with Crippen LogP contribution in [0.25, 0.3) is 0 Å². The van der Waals surface area contributed by atoms with Crippen molar-refractivity contribution in [1.82, 2.24) is 5.32 Å². The Morgan fingerprint density at radius 3 is 3.07 bits per heavy atom. The summed E-state index contributed by atoms with van der Waals surface area (Å²) < 4.78 is 5.52. The summed E-state index contributed by atoms with van der Waals surface area (Å²) in [5.41, 5.74) is 0. The van der Waals surface area contributed by atoms with Gasteiger partial charge in [0, 0.05) is 18.3 Å². The molecule has 1 N–H and O–H groups in total. The number of allylic oxidation sites excluding steroid dienone is 1. The van der Waals surface area contributed by atoms with E-state index < -0.39 is 0 Å². The van der Waals surface area contributed by atoms with Gasteiger partial charge in [-0.05, 0) is 30.6 Å². The Balaban J connectivity index is 1.68. The molecule has 0 amide bonds. The predicted octanol–water partition coefficient (Wildman–Crippen LogP) is 2.02. The highest BCUT2D eigenvalue weighted by atomic mass is 32.2. The van der Waals surface area contributed by atoms with E-state index in [-0.39, 0.29) is 0 Å². The molecule has 0 aliphatic carbocycles. The first-order valence-electron chi connectivity index (χ1n) is 5.48. The average molecular weight is 213 g/mol. The number of nitrogens with one attached hydrogen (secondary N) is 1. The van der Waals surface area contributed by atoms with Crippen LogP contribution in [0.3, 0.4) is 0 Å². The third kappa shape index (κ3) is 2.67. The molecule has 0 bridgehead atoms. The van der Waals surface area contributed by atoms with Crippen LogP contribution in [0.2, 0.25) is 0 Å². The Hall–Kier alpha value is -0.150. The fourth-order valence-electron chi connectivity index (χ4n) is 1.94. The highest BCUT2D eigenvalue weighted by molar-refractivity contribution is 7.99. The topological polar surface area (TPSA) is 21.3 Å². The fraction of sp³-hybridized carbons (Fsp3) is 0.818. The number of hydrogen-bond acceptors (Lipinski definition) is 3. The van der Waals surface area contributed by atoms with Gasteiger partial charge in [-0.1, -0.05) is 6.92 Å². The van der Waals surface area contributed by atoms with E-state index in [0.717, 1.165) is 18.9 Å². The molecule has 14 heavy (non-hydrogen) atoms. The lowest BCUT2D eigenvalue weighted by Crippen LogP contribution is -2.39. The maximum absolute atomic E-state index is 5.52. The predicted molar refractivity (Wildman–Crippen MR) is 61.5 cm³/mol. The molecule has 2 aliphatic rings. The van der Waals surface area contributed by atoms with Crippen molar-refractivity contribution in [3.63, 3.8) is 0 Å². The zero-order valence-corrected chi connectivity index (χ0v) is 9.56. The molecule has 1 fully saturated rings. The number of ether oxygens (including phenoxy) is 1. The first-order chi connectivity index (χ1) is 6.86. The van der Waals surface area contributed by atoms with Gasteiger partial charge in [-0.2, -0.15) is 11.8 Å². The summed E-state index contributed by atoms with van der Waals surface area (Å²) in [6.45, 7) is 3.35. The molecule has 1 saturated heterocycles. The van der Waals surface area contributed by atoms with E-state index >= 15 is 0 Å². The molecule has 0 radical (unpaired) electrons. The van der Waals surface area contributed by atoms with Gasteiger partial charge in [0.2, 0.25) is 0 Å². The minimum Gasteiger partial charge on any atom is -0.497 e. The van der Waals surface area contributed by atoms with Gasteiger partial charge in [0.1, 0.15) is 6.10 Å². The molecule has 0 aromatic carbocycles. The zero-order valence-electron chi connectivity index (χ0n) is 8.74. The van der Waals surface area contributed by atoms with Crippen LogP contribution in [-0.4, -0.2) is 30.2 Å². The molecule has 3 unspecified atom stereocenters. The van der Waals surface area contributed by atoms with Crippen molar-refractivity contribution in [3.8, 4) is 0 Å². The maximum atomic E-state index is 5.52. The lowest BCUT2D eigenvalue weighted by atomic mass is 10.1. The second-order valence-electron chi connectivity index (χ2n) is 4.24. The molecule has 2 rings (SSSR count). The van der Waals surface area contributed by atoms with E-state index in [1.165, 1.54) is 17.9 Å². The zero-order chi connectivity index (χ0) is 9.80. The van der Waals surface area contributed by atoms with Gasteiger partial charge in [0.15, 0.2) is 0 Å². The Morgan fingerprint density at radius 1 is 1.50 bits per heavy atom. The summed E-state index contributed by atoms with van der Waals surface area (Å²) in [7, 11) is 0. The minimum atomic E-state index is 0.401. The SMILES string of the molecule is CC1CSCC1NCC1CCC=CO1. The van der Waals surface area contributed by atoms with Crippen LogP contribution >= 0.6 is 11.8 Å². The van der Waals surface area contributed by atoms with Crippen molar-refractivity contribution in [2.45, 2.75) is 31.9 Å². The van der Waals surface area contributed by atoms with Gasteiger partial charge in [-0.15, -0.1) is 0 Å². The van der Waals surface area contributed by atoms with Crippen molar-refractivity contribution in [2.24, 2.45) is 5.92 Å². The second-order valence-corrected chi connectivity index (χ2v) is 5.31. The van der Waals surface area contributed by atoms with E-state index in [4.69, 9.17) is 4.74 Å². The smallest absolute Gasteiger partial charge is 0.110 e. The van der Waals surface area contributed by atoms with Gasteiger partial charge >= 0.3 is 0 Å². The van der Waals surface area contributed by atoms with E-state index in [9.17, 15) is 0 Å². The van der Waals surface area contributed by atoms with Crippen LogP contribution in [0.15, 0.2) is 12.3 Å². The first-order valence-corrected chi connectivity index (χ1v) is 6.63. The highest BCUT2D eigenvalue weighted by Crippen LogP contribution is 2.23. The minimum absolute atomic E-state index is 0.401. The van der Waals surface area contributed by atoms with Gasteiger partial charge < -0.3 is 10.1 Å². The standard InChI is InChI=1S/C11H19NOS/c1-9-7-14-8-11(9)12-6-10-4-2-3-5-13-10/h3,5,9-12H,2,4,6-8H2,1H3. The lowest BCUT2D eigenvalue weighted by molar-refractivity contribution is 0.118. The molecular weight excluding hydrogens is 194 g/mol. The highest BCUT2D eigenvalue weighted by Gasteiger charge is 2.24. The first kappa shape index (κ1) is 10.4. The van der Waals surface area contributed by atoms with Gasteiger partial charge in [-0.25, -0.2) is 0 Å². The largest absolute Gasteiger partial charge is 0.497 e. The number of rotatable bonds is 3. The fourth-order valence-corrected chi connectivity index (χ4v) is 3.38.